The Labute approximate surface area is 119 Å². The molecule has 0 aliphatic carbocycles. The summed E-state index contributed by atoms with van der Waals surface area (Å²) >= 11 is 9.02. The summed E-state index contributed by atoms with van der Waals surface area (Å²) in [6.45, 7) is 1.96. The molecular weight excluding hydrogens is 319 g/mol. The first kappa shape index (κ1) is 13.4. The number of halogens is 3. The number of rotatable bonds is 3. The molecule has 0 N–H and O–H groups in total. The quantitative estimate of drug-likeness (QED) is 0.682. The molecule has 4 heteroatoms. The zero-order valence-electron chi connectivity index (χ0n) is 9.71. The predicted molar refractivity (Wildman–Crippen MR) is 74.9 cm³/mol. The lowest BCUT2D eigenvalue weighted by Gasteiger charge is -2.09. The van der Waals surface area contributed by atoms with Crippen LogP contribution in [0.25, 0.3) is 0 Å². The molecule has 0 saturated heterocycles. The molecule has 18 heavy (non-hydrogen) atoms. The molecule has 0 spiro atoms. The monoisotopic (exact) mass is 328 g/mol. The molecule has 94 valence electrons. The minimum atomic E-state index is -0.339. The fourth-order valence-corrected chi connectivity index (χ4v) is 2.35. The van der Waals surface area contributed by atoms with Gasteiger partial charge in [-0.2, -0.15) is 0 Å². The van der Waals surface area contributed by atoms with E-state index in [0.717, 1.165) is 11.1 Å². The number of ether oxygens (including phenoxy) is 1. The first-order valence-corrected chi connectivity index (χ1v) is 6.70. The van der Waals surface area contributed by atoms with Gasteiger partial charge in [0.25, 0.3) is 0 Å². The second-order valence-corrected chi connectivity index (χ2v) is 5.11. The van der Waals surface area contributed by atoms with E-state index in [1.54, 1.807) is 6.07 Å². The number of aryl methyl sites for hydroxylation is 1. The third kappa shape index (κ3) is 3.24. The molecule has 0 aliphatic rings. The van der Waals surface area contributed by atoms with Crippen molar-refractivity contribution < 1.29 is 9.13 Å². The molecule has 0 unspecified atom stereocenters. The van der Waals surface area contributed by atoms with Crippen molar-refractivity contribution in [2.75, 3.05) is 0 Å². The van der Waals surface area contributed by atoms with Gasteiger partial charge in [-0.15, -0.1) is 11.6 Å². The Morgan fingerprint density at radius 1 is 1.17 bits per heavy atom. The molecule has 0 aromatic heterocycles. The highest BCUT2D eigenvalue weighted by Gasteiger charge is 2.04. The molecule has 0 amide bonds. The topological polar surface area (TPSA) is 9.23 Å². The second-order valence-electron chi connectivity index (χ2n) is 3.93. The Kier molecular flexibility index (Phi) is 4.25. The second kappa shape index (κ2) is 5.72. The summed E-state index contributed by atoms with van der Waals surface area (Å²) in [5.41, 5.74) is 2.11. The average molecular weight is 330 g/mol. The summed E-state index contributed by atoms with van der Waals surface area (Å²) in [4.78, 5) is 0. The molecule has 0 bridgehead atoms. The van der Waals surface area contributed by atoms with Crippen molar-refractivity contribution in [3.63, 3.8) is 0 Å². The van der Waals surface area contributed by atoms with Crippen molar-refractivity contribution in [1.29, 1.82) is 0 Å². The smallest absolute Gasteiger partial charge is 0.131 e. The zero-order valence-corrected chi connectivity index (χ0v) is 12.1. The summed E-state index contributed by atoms with van der Waals surface area (Å²) in [6, 6.07) is 10.1. The van der Waals surface area contributed by atoms with Crippen LogP contribution in [0.1, 0.15) is 11.1 Å². The van der Waals surface area contributed by atoms with Crippen LogP contribution in [0.2, 0.25) is 0 Å². The largest absolute Gasteiger partial charge is 0.457 e. The lowest BCUT2D eigenvalue weighted by molar-refractivity contribution is 0.475. The highest BCUT2D eigenvalue weighted by Crippen LogP contribution is 2.27. The van der Waals surface area contributed by atoms with Crippen molar-refractivity contribution in [1.82, 2.24) is 0 Å². The maximum absolute atomic E-state index is 13.2. The van der Waals surface area contributed by atoms with Crippen molar-refractivity contribution in [3.8, 4) is 11.5 Å². The molecule has 0 aliphatic heterocycles. The maximum atomic E-state index is 13.2. The van der Waals surface area contributed by atoms with Crippen molar-refractivity contribution in [2.45, 2.75) is 12.8 Å². The lowest BCUT2D eigenvalue weighted by Crippen LogP contribution is -1.89. The van der Waals surface area contributed by atoms with Crippen molar-refractivity contribution in [3.05, 3.63) is 57.8 Å². The van der Waals surface area contributed by atoms with Gasteiger partial charge in [0.15, 0.2) is 0 Å². The van der Waals surface area contributed by atoms with E-state index in [1.165, 1.54) is 12.1 Å². The Balaban J connectivity index is 2.25. The van der Waals surface area contributed by atoms with Crippen molar-refractivity contribution in [2.24, 2.45) is 0 Å². The number of hydrogen-bond donors (Lipinski definition) is 0. The maximum Gasteiger partial charge on any atom is 0.131 e. The van der Waals surface area contributed by atoms with Gasteiger partial charge in [-0.1, -0.05) is 22.0 Å². The van der Waals surface area contributed by atoms with Crippen LogP contribution in [-0.4, -0.2) is 0 Å². The normalized spacial score (nSPS) is 10.4. The zero-order chi connectivity index (χ0) is 13.1. The van der Waals surface area contributed by atoms with Crippen molar-refractivity contribution >= 4 is 27.5 Å². The minimum absolute atomic E-state index is 0.339. The number of benzene rings is 2. The molecule has 0 fully saturated rings. The summed E-state index contributed by atoms with van der Waals surface area (Å²) in [6.07, 6.45) is 0. The molecule has 2 aromatic rings. The third-order valence-corrected chi connectivity index (χ3v) is 3.28. The van der Waals surface area contributed by atoms with Gasteiger partial charge in [0.05, 0.1) is 0 Å². The van der Waals surface area contributed by atoms with E-state index in [0.29, 0.717) is 21.9 Å². The lowest BCUT2D eigenvalue weighted by atomic mass is 10.1. The van der Waals surface area contributed by atoms with E-state index >= 15 is 0 Å². The van der Waals surface area contributed by atoms with Gasteiger partial charge in [0.2, 0.25) is 0 Å². The molecule has 2 aromatic carbocycles. The fourth-order valence-electron chi connectivity index (χ4n) is 1.61. The number of hydrogen-bond acceptors (Lipinski definition) is 1. The Morgan fingerprint density at radius 2 is 1.94 bits per heavy atom. The van der Waals surface area contributed by atoms with Gasteiger partial charge in [-0.05, 0) is 42.3 Å². The van der Waals surface area contributed by atoms with Gasteiger partial charge < -0.3 is 4.74 Å². The van der Waals surface area contributed by atoms with Crippen LogP contribution in [0.15, 0.2) is 40.9 Å². The highest BCUT2D eigenvalue weighted by atomic mass is 79.9. The first-order valence-electron chi connectivity index (χ1n) is 5.38. The molecule has 2 rings (SSSR count). The van der Waals surface area contributed by atoms with Crippen LogP contribution in [0.5, 0.6) is 11.5 Å². The standard InChI is InChI=1S/C14H11BrClFO/c1-9-4-13(3-2-10(9)8-16)18-14-6-11(15)5-12(17)7-14/h2-7H,8H2,1H3. The molecule has 0 atom stereocenters. The van der Waals surface area contributed by atoms with E-state index in [2.05, 4.69) is 15.9 Å². The highest BCUT2D eigenvalue weighted by molar-refractivity contribution is 9.10. The predicted octanol–water partition coefficient (Wildman–Crippen LogP) is 5.43. The van der Waals surface area contributed by atoms with Crippen LogP contribution in [0.3, 0.4) is 0 Å². The van der Waals surface area contributed by atoms with Crippen LogP contribution < -0.4 is 4.74 Å². The Hall–Kier alpha value is -1.06. The average Bonchev–Trinajstić information content (AvgIpc) is 2.27. The summed E-state index contributed by atoms with van der Waals surface area (Å²) in [5, 5.41) is 0. The Morgan fingerprint density at radius 3 is 2.56 bits per heavy atom. The minimum Gasteiger partial charge on any atom is -0.457 e. The Bertz CT molecular complexity index is 551. The van der Waals surface area contributed by atoms with Gasteiger partial charge in [-0.25, -0.2) is 4.39 Å². The molecular formula is C14H11BrClFO. The van der Waals surface area contributed by atoms with E-state index in [9.17, 15) is 4.39 Å². The fraction of sp³-hybridized carbons (Fsp3) is 0.143. The molecule has 0 heterocycles. The summed E-state index contributed by atoms with van der Waals surface area (Å²) in [7, 11) is 0. The van der Waals surface area contributed by atoms with Crippen LogP contribution in [0.4, 0.5) is 4.39 Å². The molecule has 0 saturated carbocycles. The van der Waals surface area contributed by atoms with Crippen LogP contribution in [0, 0.1) is 12.7 Å². The van der Waals surface area contributed by atoms with Gasteiger partial charge in [-0.3, -0.25) is 0 Å². The van der Waals surface area contributed by atoms with Gasteiger partial charge in [0.1, 0.15) is 17.3 Å². The summed E-state index contributed by atoms with van der Waals surface area (Å²) < 4.78 is 19.5. The molecule has 1 nitrogen and oxygen atoms in total. The third-order valence-electron chi connectivity index (χ3n) is 2.53. The van der Waals surface area contributed by atoms with Crippen LogP contribution in [-0.2, 0) is 5.88 Å². The van der Waals surface area contributed by atoms with E-state index in [-0.39, 0.29) is 5.82 Å². The van der Waals surface area contributed by atoms with E-state index < -0.39 is 0 Å². The summed E-state index contributed by atoms with van der Waals surface area (Å²) in [5.74, 6) is 1.25. The van der Waals surface area contributed by atoms with Gasteiger partial charge in [0, 0.05) is 16.4 Å². The SMILES string of the molecule is Cc1cc(Oc2cc(F)cc(Br)c2)ccc1CCl. The number of alkyl halides is 1. The van der Waals surface area contributed by atoms with E-state index in [4.69, 9.17) is 16.3 Å². The van der Waals surface area contributed by atoms with Crippen LogP contribution >= 0.6 is 27.5 Å². The first-order chi connectivity index (χ1) is 8.58. The van der Waals surface area contributed by atoms with E-state index in [1.807, 2.05) is 25.1 Å². The van der Waals surface area contributed by atoms with Gasteiger partial charge >= 0.3 is 0 Å². The molecule has 0 radical (unpaired) electrons.